The lowest BCUT2D eigenvalue weighted by Crippen LogP contribution is -2.61. The molecular weight excluding hydrogens is 289 g/mol. The van der Waals surface area contributed by atoms with Crippen molar-refractivity contribution in [1.29, 1.82) is 0 Å². The number of hydrogen-bond acceptors (Lipinski definition) is 3. The summed E-state index contributed by atoms with van der Waals surface area (Å²) in [6, 6.07) is 5.02. The van der Waals surface area contributed by atoms with Gasteiger partial charge in [0.05, 0.1) is 5.02 Å². The van der Waals surface area contributed by atoms with Gasteiger partial charge in [-0.2, -0.15) is 0 Å². The highest BCUT2D eigenvalue weighted by molar-refractivity contribution is 6.30. The molecule has 1 aliphatic rings. The standard InChI is InChI=1S/C16H25ClFN3/c1-16(2,21-8-4-3-5-9-21)15(20-19)11-12-6-7-13(17)14(18)10-12/h6-7,10,15,20H,3-5,8-9,11,19H2,1-2H3. The van der Waals surface area contributed by atoms with Gasteiger partial charge in [-0.05, 0) is 63.9 Å². The normalized spacial score (nSPS) is 18.7. The third-order valence-electron chi connectivity index (χ3n) is 4.65. The largest absolute Gasteiger partial charge is 0.297 e. The highest BCUT2D eigenvalue weighted by Crippen LogP contribution is 2.26. The molecule has 2 rings (SSSR count). The summed E-state index contributed by atoms with van der Waals surface area (Å²) in [4.78, 5) is 2.48. The fourth-order valence-corrected chi connectivity index (χ4v) is 3.22. The number of nitrogens with two attached hydrogens (primary N) is 1. The number of halogens is 2. The number of nitrogens with one attached hydrogen (secondary N) is 1. The van der Waals surface area contributed by atoms with E-state index in [1.165, 1.54) is 25.3 Å². The molecule has 0 spiro atoms. The van der Waals surface area contributed by atoms with Crippen LogP contribution in [0.4, 0.5) is 4.39 Å². The number of rotatable bonds is 5. The van der Waals surface area contributed by atoms with Crippen LogP contribution in [0.15, 0.2) is 18.2 Å². The van der Waals surface area contributed by atoms with Crippen molar-refractivity contribution in [2.24, 2.45) is 5.84 Å². The van der Waals surface area contributed by atoms with Crippen LogP contribution in [0, 0.1) is 5.82 Å². The molecule has 0 bridgehead atoms. The average Bonchev–Trinajstić information content (AvgIpc) is 2.49. The summed E-state index contributed by atoms with van der Waals surface area (Å²) in [5.41, 5.74) is 3.75. The monoisotopic (exact) mass is 313 g/mol. The molecule has 5 heteroatoms. The highest BCUT2D eigenvalue weighted by Gasteiger charge is 2.35. The number of nitrogens with zero attached hydrogens (tertiary/aromatic N) is 1. The third-order valence-corrected chi connectivity index (χ3v) is 4.96. The van der Waals surface area contributed by atoms with Crippen LogP contribution >= 0.6 is 11.6 Å². The van der Waals surface area contributed by atoms with Crippen molar-refractivity contribution in [2.45, 2.75) is 51.1 Å². The summed E-state index contributed by atoms with van der Waals surface area (Å²) in [6.07, 6.45) is 4.44. The molecule has 1 atom stereocenters. The molecule has 0 aromatic heterocycles. The van der Waals surface area contributed by atoms with Gasteiger partial charge in [-0.1, -0.05) is 24.1 Å². The molecule has 0 saturated carbocycles. The molecule has 118 valence electrons. The van der Waals surface area contributed by atoms with Crippen molar-refractivity contribution >= 4 is 11.6 Å². The maximum absolute atomic E-state index is 13.6. The fraction of sp³-hybridized carbons (Fsp3) is 0.625. The first-order valence-corrected chi connectivity index (χ1v) is 7.98. The van der Waals surface area contributed by atoms with E-state index >= 15 is 0 Å². The van der Waals surface area contributed by atoms with E-state index < -0.39 is 0 Å². The van der Waals surface area contributed by atoms with Gasteiger partial charge in [0.2, 0.25) is 0 Å². The van der Waals surface area contributed by atoms with E-state index in [0.29, 0.717) is 6.42 Å². The quantitative estimate of drug-likeness (QED) is 0.648. The van der Waals surface area contributed by atoms with Gasteiger partial charge in [-0.3, -0.25) is 16.2 Å². The van der Waals surface area contributed by atoms with Crippen LogP contribution in [0.2, 0.25) is 5.02 Å². The zero-order valence-electron chi connectivity index (χ0n) is 12.8. The second-order valence-electron chi connectivity index (χ2n) is 6.37. The molecule has 3 N–H and O–H groups in total. The van der Waals surface area contributed by atoms with Crippen LogP contribution in [0.3, 0.4) is 0 Å². The molecule has 1 saturated heterocycles. The minimum atomic E-state index is -0.374. The van der Waals surface area contributed by atoms with Gasteiger partial charge in [0.1, 0.15) is 5.82 Å². The first-order valence-electron chi connectivity index (χ1n) is 7.60. The third kappa shape index (κ3) is 3.95. The predicted molar refractivity (Wildman–Crippen MR) is 85.7 cm³/mol. The number of piperidine rings is 1. The second-order valence-corrected chi connectivity index (χ2v) is 6.78. The van der Waals surface area contributed by atoms with E-state index in [-0.39, 0.29) is 22.4 Å². The molecule has 1 aliphatic heterocycles. The molecule has 1 fully saturated rings. The van der Waals surface area contributed by atoms with E-state index in [1.807, 2.05) is 6.07 Å². The van der Waals surface area contributed by atoms with Crippen LogP contribution in [-0.2, 0) is 6.42 Å². The van der Waals surface area contributed by atoms with Crippen molar-refractivity contribution in [3.8, 4) is 0 Å². The zero-order valence-corrected chi connectivity index (χ0v) is 13.6. The molecule has 3 nitrogen and oxygen atoms in total. The fourth-order valence-electron chi connectivity index (χ4n) is 3.11. The maximum Gasteiger partial charge on any atom is 0.142 e. The summed E-state index contributed by atoms with van der Waals surface area (Å²) < 4.78 is 13.6. The van der Waals surface area contributed by atoms with E-state index in [0.717, 1.165) is 18.7 Å². The summed E-state index contributed by atoms with van der Waals surface area (Å²) in [6.45, 7) is 6.60. The molecule has 0 aliphatic carbocycles. The van der Waals surface area contributed by atoms with Gasteiger partial charge in [-0.25, -0.2) is 4.39 Å². The van der Waals surface area contributed by atoms with Gasteiger partial charge in [0.25, 0.3) is 0 Å². The van der Waals surface area contributed by atoms with Crippen LogP contribution in [-0.4, -0.2) is 29.6 Å². The van der Waals surface area contributed by atoms with Crippen molar-refractivity contribution in [1.82, 2.24) is 10.3 Å². The lowest BCUT2D eigenvalue weighted by molar-refractivity contribution is 0.0611. The molecule has 0 radical (unpaired) electrons. The lowest BCUT2D eigenvalue weighted by Gasteiger charge is -2.45. The number of hydrogen-bond donors (Lipinski definition) is 2. The first kappa shape index (κ1) is 16.7. The number of likely N-dealkylation sites (tertiary alicyclic amines) is 1. The SMILES string of the molecule is CC(C)(C(Cc1ccc(Cl)c(F)c1)NN)N1CCCCC1. The molecule has 21 heavy (non-hydrogen) atoms. The van der Waals surface area contributed by atoms with Crippen molar-refractivity contribution in [3.05, 3.63) is 34.6 Å². The van der Waals surface area contributed by atoms with E-state index in [9.17, 15) is 4.39 Å². The molecular formula is C16H25ClFN3. The Morgan fingerprint density at radius 2 is 2.00 bits per heavy atom. The summed E-state index contributed by atoms with van der Waals surface area (Å²) >= 11 is 5.74. The van der Waals surface area contributed by atoms with Crippen LogP contribution < -0.4 is 11.3 Å². The van der Waals surface area contributed by atoms with Crippen molar-refractivity contribution in [3.63, 3.8) is 0 Å². The molecule has 1 aromatic rings. The molecule has 0 amide bonds. The zero-order chi connectivity index (χ0) is 15.5. The van der Waals surface area contributed by atoms with E-state index in [4.69, 9.17) is 17.4 Å². The Bertz CT molecular complexity index is 473. The predicted octanol–water partition coefficient (Wildman–Crippen LogP) is 3.12. The molecule has 1 aromatic carbocycles. The minimum Gasteiger partial charge on any atom is -0.297 e. The Balaban J connectivity index is 2.12. The summed E-state index contributed by atoms with van der Waals surface area (Å²) in [7, 11) is 0. The highest BCUT2D eigenvalue weighted by atomic mass is 35.5. The summed E-state index contributed by atoms with van der Waals surface area (Å²) in [5.74, 6) is 5.41. The maximum atomic E-state index is 13.6. The molecule has 1 heterocycles. The summed E-state index contributed by atoms with van der Waals surface area (Å²) in [5, 5.41) is 0.159. The second kappa shape index (κ2) is 7.05. The lowest BCUT2D eigenvalue weighted by atomic mass is 9.86. The van der Waals surface area contributed by atoms with Gasteiger partial charge in [0, 0.05) is 11.6 Å². The van der Waals surface area contributed by atoms with Gasteiger partial charge >= 0.3 is 0 Å². The number of hydrazine groups is 1. The Morgan fingerprint density at radius 3 is 2.57 bits per heavy atom. The van der Waals surface area contributed by atoms with Crippen molar-refractivity contribution in [2.75, 3.05) is 13.1 Å². The van der Waals surface area contributed by atoms with Crippen LogP contribution in [0.5, 0.6) is 0 Å². The number of benzene rings is 1. The first-order chi connectivity index (χ1) is 9.95. The Morgan fingerprint density at radius 1 is 1.33 bits per heavy atom. The van der Waals surface area contributed by atoms with Gasteiger partial charge < -0.3 is 0 Å². The molecule has 1 unspecified atom stereocenters. The van der Waals surface area contributed by atoms with E-state index in [1.54, 1.807) is 6.07 Å². The smallest absolute Gasteiger partial charge is 0.142 e. The van der Waals surface area contributed by atoms with Crippen molar-refractivity contribution < 1.29 is 4.39 Å². The Kier molecular flexibility index (Phi) is 5.60. The topological polar surface area (TPSA) is 41.3 Å². The minimum absolute atomic E-state index is 0.0520. The van der Waals surface area contributed by atoms with E-state index in [2.05, 4.69) is 24.2 Å². The average molecular weight is 314 g/mol. The van der Waals surface area contributed by atoms with Gasteiger partial charge in [0.15, 0.2) is 0 Å². The Labute approximate surface area is 131 Å². The van der Waals surface area contributed by atoms with Gasteiger partial charge in [-0.15, -0.1) is 0 Å². The Hall–Kier alpha value is -0.680. The van der Waals surface area contributed by atoms with Crippen LogP contribution in [0.25, 0.3) is 0 Å². The van der Waals surface area contributed by atoms with Crippen LogP contribution in [0.1, 0.15) is 38.7 Å².